The van der Waals surface area contributed by atoms with Gasteiger partial charge in [-0.3, -0.25) is 9.21 Å². The van der Waals surface area contributed by atoms with Crippen LogP contribution in [0.4, 0.5) is 5.69 Å². The second kappa shape index (κ2) is 6.97. The van der Waals surface area contributed by atoms with Crippen LogP contribution in [0, 0.1) is 0 Å². The lowest BCUT2D eigenvalue weighted by atomic mass is 10.0. The summed E-state index contributed by atoms with van der Waals surface area (Å²) in [6, 6.07) is 15.3. The number of rotatable bonds is 3. The maximum absolute atomic E-state index is 12.8. The predicted octanol–water partition coefficient (Wildman–Crippen LogP) is 2.64. The van der Waals surface area contributed by atoms with Gasteiger partial charge in [-0.05, 0) is 43.1 Å². The van der Waals surface area contributed by atoms with Crippen LogP contribution in [0.5, 0.6) is 11.5 Å². The Morgan fingerprint density at radius 3 is 2.71 bits per heavy atom. The van der Waals surface area contributed by atoms with Crippen molar-refractivity contribution < 1.29 is 17.9 Å². The van der Waals surface area contributed by atoms with E-state index < -0.39 is 10.0 Å². The van der Waals surface area contributed by atoms with Gasteiger partial charge in [0, 0.05) is 13.1 Å². The molecular formula is C21H24N2O4S. The molecule has 1 fully saturated rings. The van der Waals surface area contributed by atoms with E-state index in [4.69, 9.17) is 9.47 Å². The normalized spacial score (nSPS) is 26.1. The SMILES string of the molecule is O=S1(=O)Cc2ccccc2N1[C@H]1CCCN(C[C@H]2COc3ccccc3O2)C1. The highest BCUT2D eigenvalue weighted by Crippen LogP contribution is 2.37. The number of ether oxygens (including phenoxy) is 2. The number of piperidine rings is 1. The van der Waals surface area contributed by atoms with E-state index in [1.165, 1.54) is 0 Å². The quantitative estimate of drug-likeness (QED) is 0.793. The molecule has 6 nitrogen and oxygen atoms in total. The van der Waals surface area contributed by atoms with Gasteiger partial charge in [0.1, 0.15) is 12.7 Å². The summed E-state index contributed by atoms with van der Waals surface area (Å²) in [5.74, 6) is 1.68. The van der Waals surface area contributed by atoms with Crippen LogP contribution in [0.15, 0.2) is 48.5 Å². The first kappa shape index (κ1) is 17.8. The minimum absolute atomic E-state index is 0.0285. The van der Waals surface area contributed by atoms with Crippen molar-refractivity contribution in [2.75, 3.05) is 30.5 Å². The Balaban J connectivity index is 1.30. The zero-order valence-corrected chi connectivity index (χ0v) is 16.5. The molecule has 0 saturated carbocycles. The van der Waals surface area contributed by atoms with Gasteiger partial charge in [-0.2, -0.15) is 0 Å². The zero-order chi connectivity index (χ0) is 19.1. The fourth-order valence-corrected chi connectivity index (χ4v) is 6.40. The van der Waals surface area contributed by atoms with Crippen molar-refractivity contribution in [2.45, 2.75) is 30.7 Å². The molecule has 3 heterocycles. The summed E-state index contributed by atoms with van der Waals surface area (Å²) in [5.41, 5.74) is 1.75. The fourth-order valence-electron chi connectivity index (χ4n) is 4.52. The smallest absolute Gasteiger partial charge is 0.239 e. The van der Waals surface area contributed by atoms with Crippen LogP contribution in [0.1, 0.15) is 18.4 Å². The Morgan fingerprint density at radius 2 is 1.82 bits per heavy atom. The van der Waals surface area contributed by atoms with Gasteiger partial charge in [0.05, 0.1) is 17.5 Å². The average molecular weight is 401 g/mol. The topological polar surface area (TPSA) is 59.1 Å². The molecule has 0 aliphatic carbocycles. The van der Waals surface area contributed by atoms with Crippen molar-refractivity contribution in [1.29, 1.82) is 0 Å². The maximum atomic E-state index is 12.8. The first-order valence-corrected chi connectivity index (χ1v) is 11.4. The van der Waals surface area contributed by atoms with Crippen molar-refractivity contribution in [3.8, 4) is 11.5 Å². The van der Waals surface area contributed by atoms with Crippen molar-refractivity contribution >= 4 is 15.7 Å². The zero-order valence-electron chi connectivity index (χ0n) is 15.7. The van der Waals surface area contributed by atoms with Crippen LogP contribution in [0.2, 0.25) is 0 Å². The standard InChI is InChI=1S/C21H24N2O4S/c24-28(25)15-16-6-1-2-8-19(16)23(28)17-7-5-11-22(12-17)13-18-14-26-20-9-3-4-10-21(20)27-18/h1-4,6,8-10,17-18H,5,7,11-15H2/t17-,18-/m0/s1. The fraction of sp³-hybridized carbons (Fsp3) is 0.429. The summed E-state index contributed by atoms with van der Waals surface area (Å²) in [4.78, 5) is 2.31. The minimum atomic E-state index is -3.29. The third kappa shape index (κ3) is 3.22. The van der Waals surface area contributed by atoms with E-state index in [1.807, 2.05) is 48.5 Å². The Morgan fingerprint density at radius 1 is 1.04 bits per heavy atom. The van der Waals surface area contributed by atoms with Gasteiger partial charge in [0.2, 0.25) is 10.0 Å². The first-order valence-electron chi connectivity index (χ1n) is 9.81. The molecule has 5 rings (SSSR count). The molecule has 3 aliphatic rings. The van der Waals surface area contributed by atoms with Crippen molar-refractivity contribution in [3.05, 3.63) is 54.1 Å². The Labute approximate surface area is 165 Å². The van der Waals surface area contributed by atoms with E-state index >= 15 is 0 Å². The largest absolute Gasteiger partial charge is 0.486 e. The molecule has 3 aliphatic heterocycles. The Bertz CT molecular complexity index is 978. The minimum Gasteiger partial charge on any atom is -0.486 e. The molecule has 1 saturated heterocycles. The molecular weight excluding hydrogens is 376 g/mol. The summed E-state index contributed by atoms with van der Waals surface area (Å²) in [6.07, 6.45) is 1.81. The van der Waals surface area contributed by atoms with Crippen LogP contribution in [0.3, 0.4) is 0 Å². The molecule has 0 aromatic heterocycles. The summed E-state index contributed by atoms with van der Waals surface area (Å²) in [6.45, 7) is 2.92. The van der Waals surface area contributed by atoms with Crippen molar-refractivity contribution in [3.63, 3.8) is 0 Å². The second-order valence-corrected chi connectivity index (χ2v) is 9.58. The van der Waals surface area contributed by atoms with Crippen molar-refractivity contribution in [1.82, 2.24) is 4.90 Å². The van der Waals surface area contributed by atoms with Gasteiger partial charge in [-0.15, -0.1) is 0 Å². The highest BCUT2D eigenvalue weighted by molar-refractivity contribution is 7.92. The molecule has 148 valence electrons. The summed E-state index contributed by atoms with van der Waals surface area (Å²) >= 11 is 0. The molecule has 0 bridgehead atoms. The first-order chi connectivity index (χ1) is 13.6. The van der Waals surface area contributed by atoms with E-state index in [0.29, 0.717) is 6.61 Å². The van der Waals surface area contributed by atoms with Gasteiger partial charge in [-0.1, -0.05) is 30.3 Å². The second-order valence-electron chi connectivity index (χ2n) is 7.73. The van der Waals surface area contributed by atoms with Gasteiger partial charge in [0.15, 0.2) is 11.5 Å². The van der Waals surface area contributed by atoms with Gasteiger partial charge >= 0.3 is 0 Å². The van der Waals surface area contributed by atoms with Crippen LogP contribution < -0.4 is 13.8 Å². The molecule has 28 heavy (non-hydrogen) atoms. The molecule has 2 aromatic rings. The van der Waals surface area contributed by atoms with E-state index in [9.17, 15) is 8.42 Å². The lowest BCUT2D eigenvalue weighted by molar-refractivity contribution is 0.0511. The molecule has 0 amide bonds. The molecule has 0 unspecified atom stereocenters. The van der Waals surface area contributed by atoms with Crippen LogP contribution in [0.25, 0.3) is 0 Å². The van der Waals surface area contributed by atoms with E-state index in [0.717, 1.165) is 55.2 Å². The molecule has 0 N–H and O–H groups in total. The average Bonchev–Trinajstić information content (AvgIpc) is 2.97. The third-order valence-electron chi connectivity index (χ3n) is 5.71. The van der Waals surface area contributed by atoms with Crippen LogP contribution in [-0.4, -0.2) is 51.7 Å². The van der Waals surface area contributed by atoms with Crippen molar-refractivity contribution in [2.24, 2.45) is 0 Å². The summed E-state index contributed by atoms with van der Waals surface area (Å²) in [7, 11) is -3.29. The number of benzene rings is 2. The summed E-state index contributed by atoms with van der Waals surface area (Å²) < 4.78 is 39.2. The van der Waals surface area contributed by atoms with E-state index in [1.54, 1.807) is 4.31 Å². The highest BCUT2D eigenvalue weighted by atomic mass is 32.2. The maximum Gasteiger partial charge on any atom is 0.239 e. The highest BCUT2D eigenvalue weighted by Gasteiger charge is 2.40. The van der Waals surface area contributed by atoms with Gasteiger partial charge < -0.3 is 9.47 Å². The van der Waals surface area contributed by atoms with E-state index in [2.05, 4.69) is 4.90 Å². The number of nitrogens with zero attached hydrogens (tertiary/aromatic N) is 2. The number of hydrogen-bond donors (Lipinski definition) is 0. The lowest BCUT2D eigenvalue weighted by Crippen LogP contribution is -2.52. The third-order valence-corrected chi connectivity index (χ3v) is 7.48. The van der Waals surface area contributed by atoms with E-state index in [-0.39, 0.29) is 17.9 Å². The van der Waals surface area contributed by atoms with Crippen LogP contribution >= 0.6 is 0 Å². The lowest BCUT2D eigenvalue weighted by Gasteiger charge is -2.39. The van der Waals surface area contributed by atoms with Gasteiger partial charge in [0.25, 0.3) is 0 Å². The number of likely N-dealkylation sites (tertiary alicyclic amines) is 1. The number of hydrogen-bond acceptors (Lipinski definition) is 5. The number of sulfonamides is 1. The van der Waals surface area contributed by atoms with Crippen LogP contribution in [-0.2, 0) is 15.8 Å². The monoisotopic (exact) mass is 400 g/mol. The Kier molecular flexibility index (Phi) is 4.44. The number of fused-ring (bicyclic) bond motifs is 2. The molecule has 0 spiro atoms. The number of para-hydroxylation sites is 3. The predicted molar refractivity (Wildman–Crippen MR) is 107 cm³/mol. The molecule has 2 atom stereocenters. The molecule has 2 aromatic carbocycles. The molecule has 7 heteroatoms. The summed E-state index contributed by atoms with van der Waals surface area (Å²) in [5, 5.41) is 0. The number of anilines is 1. The Hall–Kier alpha value is -2.25. The molecule has 0 radical (unpaired) electrons. The van der Waals surface area contributed by atoms with Gasteiger partial charge in [-0.25, -0.2) is 8.42 Å².